The van der Waals surface area contributed by atoms with Crippen LogP contribution in [0.5, 0.6) is 11.6 Å². The van der Waals surface area contributed by atoms with Gasteiger partial charge < -0.3 is 14.4 Å². The minimum atomic E-state index is -5.00. The van der Waals surface area contributed by atoms with Crippen LogP contribution in [0.3, 0.4) is 0 Å². The smallest absolute Gasteiger partial charge is 0.416 e. The van der Waals surface area contributed by atoms with Gasteiger partial charge in [-0.25, -0.2) is 4.98 Å². The molecule has 1 aromatic heterocycles. The summed E-state index contributed by atoms with van der Waals surface area (Å²) in [6, 6.07) is 19.7. The third-order valence-corrected chi connectivity index (χ3v) is 6.46. The zero-order valence-corrected chi connectivity index (χ0v) is 21.3. The molecule has 0 saturated carbocycles. The summed E-state index contributed by atoms with van der Waals surface area (Å²) in [5.41, 5.74) is -0.453. The van der Waals surface area contributed by atoms with E-state index in [2.05, 4.69) is 4.98 Å². The maximum atomic E-state index is 13.4. The number of hydrogen-bond acceptors (Lipinski definition) is 4. The molecule has 4 aromatic rings. The Labute approximate surface area is 231 Å². The number of carbonyl (C=O) groups excluding carboxylic acids is 1. The zero-order chi connectivity index (χ0) is 29.2. The Hall–Kier alpha value is -4.54. The predicted octanol–water partition coefficient (Wildman–Crippen LogP) is 7.29. The molecular weight excluding hydrogens is 550 g/mol. The van der Waals surface area contributed by atoms with Crippen molar-refractivity contribution in [2.24, 2.45) is 0 Å². The second kappa shape index (κ2) is 11.1. The summed E-state index contributed by atoms with van der Waals surface area (Å²) in [6.07, 6.45) is -8.51. The van der Waals surface area contributed by atoms with E-state index in [1.54, 1.807) is 24.3 Å². The van der Waals surface area contributed by atoms with Gasteiger partial charge >= 0.3 is 12.4 Å². The molecule has 1 amide bonds. The second-order valence-corrected chi connectivity index (χ2v) is 9.40. The molecular formula is C30H22F6N2O3. The van der Waals surface area contributed by atoms with Crippen molar-refractivity contribution in [3.05, 3.63) is 113 Å². The molecule has 2 heterocycles. The minimum Gasteiger partial charge on any atom is -0.489 e. The number of nitrogens with zero attached hydrogens (tertiary/aromatic N) is 2. The molecule has 0 radical (unpaired) electrons. The molecule has 212 valence electrons. The fourth-order valence-electron chi connectivity index (χ4n) is 4.49. The molecule has 5 nitrogen and oxygen atoms in total. The monoisotopic (exact) mass is 572 g/mol. The van der Waals surface area contributed by atoms with Crippen LogP contribution in [-0.2, 0) is 36.8 Å². The molecule has 0 saturated heterocycles. The highest BCUT2D eigenvalue weighted by molar-refractivity contribution is 5.80. The van der Waals surface area contributed by atoms with Crippen molar-refractivity contribution in [1.82, 2.24) is 9.88 Å². The van der Waals surface area contributed by atoms with Gasteiger partial charge in [-0.15, -0.1) is 0 Å². The number of ether oxygens (including phenoxy) is 2. The maximum Gasteiger partial charge on any atom is 0.416 e. The number of amides is 1. The highest BCUT2D eigenvalue weighted by atomic mass is 19.4. The van der Waals surface area contributed by atoms with Gasteiger partial charge in [-0.05, 0) is 58.7 Å². The van der Waals surface area contributed by atoms with Crippen LogP contribution < -0.4 is 9.47 Å². The molecule has 0 unspecified atom stereocenters. The Morgan fingerprint density at radius 1 is 0.829 bits per heavy atom. The summed E-state index contributed by atoms with van der Waals surface area (Å²) in [4.78, 5) is 18.2. The molecule has 0 atom stereocenters. The first-order valence-electron chi connectivity index (χ1n) is 12.4. The van der Waals surface area contributed by atoms with E-state index < -0.39 is 42.5 Å². The molecule has 1 aliphatic rings. The van der Waals surface area contributed by atoms with Crippen LogP contribution in [0.4, 0.5) is 26.3 Å². The summed E-state index contributed by atoms with van der Waals surface area (Å²) in [7, 11) is 0. The number of benzene rings is 3. The number of pyridine rings is 1. The first-order chi connectivity index (χ1) is 19.5. The lowest BCUT2D eigenvalue weighted by Crippen LogP contribution is -2.32. The van der Waals surface area contributed by atoms with Gasteiger partial charge in [-0.2, -0.15) is 26.3 Å². The van der Waals surface area contributed by atoms with Crippen LogP contribution in [-0.4, -0.2) is 22.4 Å². The Morgan fingerprint density at radius 2 is 1.54 bits per heavy atom. The van der Waals surface area contributed by atoms with E-state index in [1.807, 2.05) is 36.4 Å². The molecule has 5 rings (SSSR count). The number of carbonyl (C=O) groups is 1. The number of halogens is 6. The lowest BCUT2D eigenvalue weighted by Gasteiger charge is -2.22. The molecule has 0 aliphatic carbocycles. The largest absolute Gasteiger partial charge is 0.489 e. The van der Waals surface area contributed by atoms with Crippen molar-refractivity contribution >= 4 is 5.91 Å². The van der Waals surface area contributed by atoms with E-state index in [1.165, 1.54) is 6.20 Å². The quantitative estimate of drug-likeness (QED) is 0.228. The molecule has 11 heteroatoms. The normalized spacial score (nSPS) is 13.8. The summed E-state index contributed by atoms with van der Waals surface area (Å²) in [6.45, 7) is -0.789. The van der Waals surface area contributed by atoms with Gasteiger partial charge in [0.05, 0.1) is 17.7 Å². The Kier molecular flexibility index (Phi) is 7.61. The van der Waals surface area contributed by atoms with Crippen molar-refractivity contribution < 1.29 is 40.6 Å². The average molecular weight is 573 g/mol. The SMILES string of the molecule is O=C1COc2nccc(-c3cccc(OCc4ccccc4)c3)c2CN1Cc1cc(C(F)(F)F)cc(C(F)(F)F)c1. The van der Waals surface area contributed by atoms with Crippen LogP contribution in [0.25, 0.3) is 11.1 Å². The summed E-state index contributed by atoms with van der Waals surface area (Å²) in [5, 5.41) is 0. The van der Waals surface area contributed by atoms with Gasteiger partial charge in [0.25, 0.3) is 5.91 Å². The van der Waals surface area contributed by atoms with Crippen molar-refractivity contribution in [2.45, 2.75) is 32.0 Å². The van der Waals surface area contributed by atoms with Crippen LogP contribution in [0.1, 0.15) is 27.8 Å². The highest BCUT2D eigenvalue weighted by Gasteiger charge is 2.37. The minimum absolute atomic E-state index is 0.0566. The molecule has 0 spiro atoms. The van der Waals surface area contributed by atoms with Crippen LogP contribution in [0, 0.1) is 0 Å². The lowest BCUT2D eigenvalue weighted by molar-refractivity contribution is -0.143. The number of hydrogen-bond donors (Lipinski definition) is 0. The molecule has 0 fully saturated rings. The van der Waals surface area contributed by atoms with Gasteiger partial charge in [0.15, 0.2) is 6.61 Å². The van der Waals surface area contributed by atoms with Crippen LogP contribution >= 0.6 is 0 Å². The Morgan fingerprint density at radius 3 is 2.22 bits per heavy atom. The Bertz CT molecular complexity index is 1520. The van der Waals surface area contributed by atoms with Crippen molar-refractivity contribution in [3.63, 3.8) is 0 Å². The number of rotatable bonds is 6. The summed E-state index contributed by atoms with van der Waals surface area (Å²) < 4.78 is 91.9. The van der Waals surface area contributed by atoms with E-state index in [0.29, 0.717) is 41.2 Å². The topological polar surface area (TPSA) is 51.7 Å². The van der Waals surface area contributed by atoms with Gasteiger partial charge in [-0.3, -0.25) is 4.79 Å². The first kappa shape index (κ1) is 28.0. The Balaban J connectivity index is 1.45. The van der Waals surface area contributed by atoms with E-state index in [-0.39, 0.29) is 24.1 Å². The van der Waals surface area contributed by atoms with Gasteiger partial charge in [-0.1, -0.05) is 42.5 Å². The summed E-state index contributed by atoms with van der Waals surface area (Å²) >= 11 is 0. The fourth-order valence-corrected chi connectivity index (χ4v) is 4.49. The van der Waals surface area contributed by atoms with Gasteiger partial charge in [0.2, 0.25) is 5.88 Å². The van der Waals surface area contributed by atoms with Crippen LogP contribution in [0.15, 0.2) is 85.1 Å². The molecule has 3 aromatic carbocycles. The predicted molar refractivity (Wildman–Crippen MR) is 137 cm³/mol. The number of aromatic nitrogens is 1. The molecule has 1 aliphatic heterocycles. The zero-order valence-electron chi connectivity index (χ0n) is 21.3. The van der Waals surface area contributed by atoms with E-state index in [4.69, 9.17) is 9.47 Å². The van der Waals surface area contributed by atoms with E-state index >= 15 is 0 Å². The van der Waals surface area contributed by atoms with Crippen molar-refractivity contribution in [3.8, 4) is 22.8 Å². The van der Waals surface area contributed by atoms with E-state index in [9.17, 15) is 31.1 Å². The average Bonchev–Trinajstić information content (AvgIpc) is 3.10. The molecule has 0 N–H and O–H groups in total. The number of alkyl halides is 6. The van der Waals surface area contributed by atoms with Crippen molar-refractivity contribution in [2.75, 3.05) is 6.61 Å². The summed E-state index contributed by atoms with van der Waals surface area (Å²) in [5.74, 6) is 0.108. The van der Waals surface area contributed by atoms with Gasteiger partial charge in [0.1, 0.15) is 12.4 Å². The first-order valence-corrected chi connectivity index (χ1v) is 12.4. The lowest BCUT2D eigenvalue weighted by atomic mass is 10.00. The van der Waals surface area contributed by atoms with Gasteiger partial charge in [0, 0.05) is 18.3 Å². The molecule has 0 bridgehead atoms. The highest BCUT2D eigenvalue weighted by Crippen LogP contribution is 2.38. The fraction of sp³-hybridized carbons (Fsp3) is 0.200. The van der Waals surface area contributed by atoms with Crippen LogP contribution in [0.2, 0.25) is 0 Å². The third-order valence-electron chi connectivity index (χ3n) is 6.46. The maximum absolute atomic E-state index is 13.4. The second-order valence-electron chi connectivity index (χ2n) is 9.40. The van der Waals surface area contributed by atoms with E-state index in [0.717, 1.165) is 10.5 Å². The molecule has 41 heavy (non-hydrogen) atoms. The van der Waals surface area contributed by atoms with Crippen molar-refractivity contribution in [1.29, 1.82) is 0 Å². The standard InChI is InChI=1S/C30H22F6N2O3/c31-29(32,33)22-11-20(12-23(14-22)30(34,35)36)15-38-16-26-25(9-10-37-28(26)41-18-27(38)39)21-7-4-8-24(13-21)40-17-19-5-2-1-3-6-19/h1-14H,15-18H2. The number of fused-ring (bicyclic) bond motifs is 1. The third kappa shape index (κ3) is 6.62.